The quantitative estimate of drug-likeness (QED) is 0.697. The summed E-state index contributed by atoms with van der Waals surface area (Å²) in [5, 5.41) is 14.3. The Morgan fingerprint density at radius 2 is 2.00 bits per heavy atom. The summed E-state index contributed by atoms with van der Waals surface area (Å²) in [5.41, 5.74) is 2.04. The number of carbonyl (C=O) groups excluding carboxylic acids is 1. The zero-order chi connectivity index (χ0) is 20.6. The normalized spacial score (nSPS) is 12.3. The van der Waals surface area contributed by atoms with Crippen molar-refractivity contribution in [2.45, 2.75) is 46.7 Å². The Hall–Kier alpha value is -3.16. The first kappa shape index (κ1) is 19.6. The van der Waals surface area contributed by atoms with Crippen LogP contribution in [0.5, 0.6) is 0 Å². The van der Waals surface area contributed by atoms with Gasteiger partial charge in [0.05, 0.1) is 29.7 Å². The first-order valence-corrected chi connectivity index (χ1v) is 9.15. The second-order valence-corrected chi connectivity index (χ2v) is 7.04. The van der Waals surface area contributed by atoms with Crippen molar-refractivity contribution in [3.63, 3.8) is 0 Å². The molecular formula is C20H24N4O4. The molecule has 0 radical (unpaired) electrons. The zero-order valence-corrected chi connectivity index (χ0v) is 16.7. The molecule has 0 spiro atoms. The van der Waals surface area contributed by atoms with Gasteiger partial charge in [-0.1, -0.05) is 6.92 Å². The number of rotatable bonds is 6. The summed E-state index contributed by atoms with van der Waals surface area (Å²) in [5.74, 6) is -0.515. The SMILES string of the molecule is CCC(C)n1ncc2c(C(=O)N(C)Cc3cc(C(=O)O)c(C)o3)cc(C)nc21. The molecule has 3 heterocycles. The van der Waals surface area contributed by atoms with Crippen molar-refractivity contribution in [1.29, 1.82) is 0 Å². The molecule has 1 N–H and O–H groups in total. The van der Waals surface area contributed by atoms with Crippen molar-refractivity contribution in [1.82, 2.24) is 19.7 Å². The number of carbonyl (C=O) groups is 2. The minimum atomic E-state index is -1.05. The van der Waals surface area contributed by atoms with Crippen LogP contribution in [0.1, 0.15) is 64.2 Å². The summed E-state index contributed by atoms with van der Waals surface area (Å²) in [6, 6.07) is 3.38. The molecular weight excluding hydrogens is 360 g/mol. The molecule has 0 aliphatic rings. The van der Waals surface area contributed by atoms with E-state index in [0.717, 1.165) is 12.1 Å². The fourth-order valence-electron chi connectivity index (χ4n) is 3.16. The highest BCUT2D eigenvalue weighted by Gasteiger charge is 2.22. The van der Waals surface area contributed by atoms with Gasteiger partial charge in [-0.3, -0.25) is 4.79 Å². The molecule has 8 heteroatoms. The number of aryl methyl sites for hydroxylation is 2. The number of aromatic carboxylic acids is 1. The Labute approximate surface area is 162 Å². The monoisotopic (exact) mass is 384 g/mol. The third kappa shape index (κ3) is 3.49. The standard InChI is InChI=1S/C20H24N4O4/c1-6-12(3)24-18-17(9-21-24)16(7-11(2)22-18)19(25)23(5)10-14-8-15(20(26)27)13(4)28-14/h7-9,12H,6,10H2,1-5H3,(H,26,27). The number of fused-ring (bicyclic) bond motifs is 1. The maximum absolute atomic E-state index is 13.1. The van der Waals surface area contributed by atoms with Crippen LogP contribution in [0.4, 0.5) is 0 Å². The van der Waals surface area contributed by atoms with E-state index >= 15 is 0 Å². The molecule has 148 valence electrons. The van der Waals surface area contributed by atoms with E-state index in [1.807, 2.05) is 11.6 Å². The molecule has 0 saturated carbocycles. The van der Waals surface area contributed by atoms with Crippen LogP contribution >= 0.6 is 0 Å². The van der Waals surface area contributed by atoms with Crippen LogP contribution in [0, 0.1) is 13.8 Å². The fourth-order valence-corrected chi connectivity index (χ4v) is 3.16. The molecule has 1 atom stereocenters. The highest BCUT2D eigenvalue weighted by molar-refractivity contribution is 6.05. The van der Waals surface area contributed by atoms with Crippen molar-refractivity contribution < 1.29 is 19.1 Å². The number of furan rings is 1. The minimum Gasteiger partial charge on any atom is -0.478 e. The average Bonchev–Trinajstić information content (AvgIpc) is 3.23. The first-order valence-electron chi connectivity index (χ1n) is 9.15. The van der Waals surface area contributed by atoms with E-state index in [9.17, 15) is 9.59 Å². The summed E-state index contributed by atoms with van der Waals surface area (Å²) in [6.07, 6.45) is 2.58. The van der Waals surface area contributed by atoms with Crippen LogP contribution in [0.3, 0.4) is 0 Å². The van der Waals surface area contributed by atoms with Crippen molar-refractivity contribution in [3.05, 3.63) is 46.7 Å². The molecule has 0 saturated heterocycles. The van der Waals surface area contributed by atoms with Crippen molar-refractivity contribution >= 4 is 22.9 Å². The molecule has 0 fully saturated rings. The number of carboxylic acids is 1. The lowest BCUT2D eigenvalue weighted by molar-refractivity contribution is 0.0694. The number of amides is 1. The van der Waals surface area contributed by atoms with E-state index in [2.05, 4.69) is 23.9 Å². The number of pyridine rings is 1. The average molecular weight is 384 g/mol. The molecule has 0 bridgehead atoms. The smallest absolute Gasteiger partial charge is 0.339 e. The van der Waals surface area contributed by atoms with Gasteiger partial charge in [0.25, 0.3) is 5.91 Å². The van der Waals surface area contributed by atoms with Gasteiger partial charge in [-0.15, -0.1) is 0 Å². The number of hydrogen-bond donors (Lipinski definition) is 1. The lowest BCUT2D eigenvalue weighted by Gasteiger charge is -2.17. The Kier molecular flexibility index (Phi) is 5.22. The highest BCUT2D eigenvalue weighted by Crippen LogP contribution is 2.24. The number of hydrogen-bond acceptors (Lipinski definition) is 5. The van der Waals surface area contributed by atoms with E-state index < -0.39 is 5.97 Å². The Bertz CT molecular complexity index is 1050. The molecule has 1 amide bonds. The molecule has 1 unspecified atom stereocenters. The summed E-state index contributed by atoms with van der Waals surface area (Å²) < 4.78 is 7.33. The second kappa shape index (κ2) is 7.46. The molecule has 0 aromatic carbocycles. The van der Waals surface area contributed by atoms with Crippen LogP contribution in [0.15, 0.2) is 22.7 Å². The minimum absolute atomic E-state index is 0.104. The molecule has 28 heavy (non-hydrogen) atoms. The van der Waals surface area contributed by atoms with Crippen LogP contribution in [-0.4, -0.2) is 43.7 Å². The number of aromatic nitrogens is 3. The maximum atomic E-state index is 13.1. The van der Waals surface area contributed by atoms with Crippen molar-refractivity contribution in [2.24, 2.45) is 0 Å². The van der Waals surface area contributed by atoms with Gasteiger partial charge in [-0.2, -0.15) is 5.10 Å². The molecule has 0 aliphatic carbocycles. The Morgan fingerprint density at radius 1 is 1.29 bits per heavy atom. The summed E-state index contributed by atoms with van der Waals surface area (Å²) in [4.78, 5) is 30.3. The van der Waals surface area contributed by atoms with E-state index in [1.54, 1.807) is 26.2 Å². The lowest BCUT2D eigenvalue weighted by atomic mass is 10.1. The van der Waals surface area contributed by atoms with Crippen LogP contribution < -0.4 is 0 Å². The van der Waals surface area contributed by atoms with Gasteiger partial charge in [0.1, 0.15) is 17.1 Å². The van der Waals surface area contributed by atoms with E-state index in [1.165, 1.54) is 11.0 Å². The fraction of sp³-hybridized carbons (Fsp3) is 0.400. The van der Waals surface area contributed by atoms with E-state index in [4.69, 9.17) is 9.52 Å². The Balaban J connectivity index is 1.93. The van der Waals surface area contributed by atoms with Gasteiger partial charge in [-0.25, -0.2) is 14.5 Å². The predicted molar refractivity (Wildman–Crippen MR) is 103 cm³/mol. The van der Waals surface area contributed by atoms with E-state index in [0.29, 0.717) is 28.1 Å². The zero-order valence-electron chi connectivity index (χ0n) is 16.7. The number of nitrogens with zero attached hydrogens (tertiary/aromatic N) is 4. The molecule has 8 nitrogen and oxygen atoms in total. The van der Waals surface area contributed by atoms with Gasteiger partial charge in [0.2, 0.25) is 0 Å². The molecule has 3 aromatic heterocycles. The summed E-state index contributed by atoms with van der Waals surface area (Å²) in [6.45, 7) is 7.73. The van der Waals surface area contributed by atoms with Crippen LogP contribution in [0.25, 0.3) is 11.0 Å². The van der Waals surface area contributed by atoms with Gasteiger partial charge < -0.3 is 14.4 Å². The van der Waals surface area contributed by atoms with Crippen LogP contribution in [-0.2, 0) is 6.54 Å². The molecule has 0 aliphatic heterocycles. The third-order valence-electron chi connectivity index (χ3n) is 4.87. The highest BCUT2D eigenvalue weighted by atomic mass is 16.4. The van der Waals surface area contributed by atoms with Gasteiger partial charge in [0.15, 0.2) is 5.65 Å². The third-order valence-corrected chi connectivity index (χ3v) is 4.87. The lowest BCUT2D eigenvalue weighted by Crippen LogP contribution is -2.26. The summed E-state index contributed by atoms with van der Waals surface area (Å²) in [7, 11) is 1.65. The van der Waals surface area contributed by atoms with Gasteiger partial charge >= 0.3 is 5.97 Å². The maximum Gasteiger partial charge on any atom is 0.339 e. The van der Waals surface area contributed by atoms with Crippen LogP contribution in [0.2, 0.25) is 0 Å². The second-order valence-electron chi connectivity index (χ2n) is 7.04. The van der Waals surface area contributed by atoms with Crippen molar-refractivity contribution in [2.75, 3.05) is 7.05 Å². The number of carboxylic acid groups (broad SMARTS) is 1. The van der Waals surface area contributed by atoms with Crippen molar-refractivity contribution in [3.8, 4) is 0 Å². The summed E-state index contributed by atoms with van der Waals surface area (Å²) >= 11 is 0. The first-order chi connectivity index (χ1) is 13.2. The largest absolute Gasteiger partial charge is 0.478 e. The Morgan fingerprint density at radius 3 is 2.61 bits per heavy atom. The predicted octanol–water partition coefficient (Wildman–Crippen LogP) is 3.58. The molecule has 3 aromatic rings. The molecule has 3 rings (SSSR count). The van der Waals surface area contributed by atoms with E-state index in [-0.39, 0.29) is 24.1 Å². The topological polar surface area (TPSA) is 101 Å². The van der Waals surface area contributed by atoms with Gasteiger partial charge in [0, 0.05) is 12.7 Å². The van der Waals surface area contributed by atoms with Gasteiger partial charge in [-0.05, 0) is 39.3 Å².